The van der Waals surface area contributed by atoms with E-state index in [0.29, 0.717) is 6.04 Å². The van der Waals surface area contributed by atoms with Gasteiger partial charge in [0.2, 0.25) is 0 Å². The fourth-order valence-electron chi connectivity index (χ4n) is 3.47. The normalized spacial score (nSPS) is 27.3. The largest absolute Gasteiger partial charge is 0.374 e. The molecule has 0 aromatic heterocycles. The lowest BCUT2D eigenvalue weighted by atomic mass is 9.82. The Labute approximate surface area is 110 Å². The molecule has 0 saturated heterocycles. The van der Waals surface area contributed by atoms with Gasteiger partial charge in [-0.15, -0.1) is 0 Å². The van der Waals surface area contributed by atoms with E-state index in [9.17, 15) is 0 Å². The van der Waals surface area contributed by atoms with Crippen LogP contribution in [0.3, 0.4) is 0 Å². The molecule has 3 rings (SSSR count). The maximum atomic E-state index is 5.97. The molecule has 2 nitrogen and oxygen atoms in total. The van der Waals surface area contributed by atoms with Crippen molar-refractivity contribution in [3.05, 3.63) is 29.3 Å². The van der Waals surface area contributed by atoms with Crippen LogP contribution in [0.4, 0.5) is 5.69 Å². The molecule has 1 heterocycles. The van der Waals surface area contributed by atoms with Gasteiger partial charge in [0.25, 0.3) is 0 Å². The molecule has 1 aromatic carbocycles. The van der Waals surface area contributed by atoms with Gasteiger partial charge in [-0.2, -0.15) is 0 Å². The van der Waals surface area contributed by atoms with Crippen LogP contribution in [0.25, 0.3) is 0 Å². The first-order valence-corrected chi connectivity index (χ1v) is 7.31. The molecule has 0 atom stereocenters. The third-order valence-electron chi connectivity index (χ3n) is 4.69. The standard InChI is InChI=1S/C16H24N2/c1-18-9-8-14-11-13(4-7-16(14)18)10-12-2-5-15(17)6-3-12/h4,7,11-12,15H,2-3,5-6,8-10,17H2,1H3. The number of fused-ring (bicyclic) bond motifs is 1. The van der Waals surface area contributed by atoms with E-state index in [4.69, 9.17) is 5.73 Å². The van der Waals surface area contributed by atoms with E-state index in [-0.39, 0.29) is 0 Å². The average molecular weight is 244 g/mol. The molecule has 1 saturated carbocycles. The van der Waals surface area contributed by atoms with Crippen molar-refractivity contribution in [3.8, 4) is 0 Å². The Balaban J connectivity index is 1.67. The second-order valence-corrected chi connectivity index (χ2v) is 6.12. The van der Waals surface area contributed by atoms with Crippen molar-refractivity contribution >= 4 is 5.69 Å². The van der Waals surface area contributed by atoms with Crippen LogP contribution in [0.1, 0.15) is 36.8 Å². The summed E-state index contributed by atoms with van der Waals surface area (Å²) >= 11 is 0. The van der Waals surface area contributed by atoms with Gasteiger partial charge in [0, 0.05) is 25.3 Å². The first kappa shape index (κ1) is 12.0. The lowest BCUT2D eigenvalue weighted by Crippen LogP contribution is -2.27. The number of hydrogen-bond acceptors (Lipinski definition) is 2. The fourth-order valence-corrected chi connectivity index (χ4v) is 3.47. The predicted molar refractivity (Wildman–Crippen MR) is 77.1 cm³/mol. The molecule has 0 spiro atoms. The minimum Gasteiger partial charge on any atom is -0.374 e. The molecule has 18 heavy (non-hydrogen) atoms. The van der Waals surface area contributed by atoms with Crippen LogP contribution in [0, 0.1) is 5.92 Å². The third kappa shape index (κ3) is 2.39. The van der Waals surface area contributed by atoms with Crippen molar-refractivity contribution in [3.63, 3.8) is 0 Å². The summed E-state index contributed by atoms with van der Waals surface area (Å²) in [6, 6.07) is 7.55. The highest BCUT2D eigenvalue weighted by atomic mass is 15.1. The summed E-state index contributed by atoms with van der Waals surface area (Å²) in [7, 11) is 2.19. The molecule has 2 heteroatoms. The summed E-state index contributed by atoms with van der Waals surface area (Å²) in [6.07, 6.45) is 7.55. The number of hydrogen-bond donors (Lipinski definition) is 1. The van der Waals surface area contributed by atoms with E-state index < -0.39 is 0 Å². The summed E-state index contributed by atoms with van der Waals surface area (Å²) in [5, 5.41) is 0. The molecule has 0 unspecified atom stereocenters. The number of nitrogens with two attached hydrogens (primary N) is 1. The number of likely N-dealkylation sites (N-methyl/N-ethyl adjacent to an activating group) is 1. The van der Waals surface area contributed by atoms with E-state index in [1.54, 1.807) is 5.56 Å². The molecule has 0 radical (unpaired) electrons. The number of benzene rings is 1. The second kappa shape index (κ2) is 4.93. The van der Waals surface area contributed by atoms with Crippen LogP contribution in [0.2, 0.25) is 0 Å². The lowest BCUT2D eigenvalue weighted by Gasteiger charge is -2.26. The minimum atomic E-state index is 0.468. The summed E-state index contributed by atoms with van der Waals surface area (Å²) in [6.45, 7) is 1.18. The first-order chi connectivity index (χ1) is 8.72. The monoisotopic (exact) mass is 244 g/mol. The van der Waals surface area contributed by atoms with Crippen LogP contribution in [0.5, 0.6) is 0 Å². The van der Waals surface area contributed by atoms with Gasteiger partial charge in [-0.25, -0.2) is 0 Å². The van der Waals surface area contributed by atoms with E-state index >= 15 is 0 Å². The van der Waals surface area contributed by atoms with Gasteiger partial charge >= 0.3 is 0 Å². The number of rotatable bonds is 2. The Morgan fingerprint density at radius 1 is 1.22 bits per heavy atom. The summed E-state index contributed by atoms with van der Waals surface area (Å²) in [4.78, 5) is 2.36. The Morgan fingerprint density at radius 3 is 2.78 bits per heavy atom. The zero-order valence-electron chi connectivity index (χ0n) is 11.4. The Bertz CT molecular complexity index is 419. The molecule has 2 N–H and O–H groups in total. The summed E-state index contributed by atoms with van der Waals surface area (Å²) in [5.41, 5.74) is 10.5. The molecular weight excluding hydrogens is 220 g/mol. The Kier molecular flexibility index (Phi) is 3.29. The SMILES string of the molecule is CN1CCc2cc(CC3CCC(N)CC3)ccc21. The molecule has 0 bridgehead atoms. The molecule has 1 fully saturated rings. The van der Waals surface area contributed by atoms with E-state index in [0.717, 1.165) is 5.92 Å². The molecule has 0 amide bonds. The van der Waals surface area contributed by atoms with Crippen molar-refractivity contribution in [2.45, 2.75) is 44.6 Å². The summed E-state index contributed by atoms with van der Waals surface area (Å²) < 4.78 is 0. The van der Waals surface area contributed by atoms with E-state index in [1.807, 2.05) is 0 Å². The minimum absolute atomic E-state index is 0.468. The van der Waals surface area contributed by atoms with E-state index in [2.05, 4.69) is 30.1 Å². The zero-order valence-corrected chi connectivity index (χ0v) is 11.4. The Morgan fingerprint density at radius 2 is 2.00 bits per heavy atom. The predicted octanol–water partition coefficient (Wildman–Crippen LogP) is 2.74. The highest BCUT2D eigenvalue weighted by Crippen LogP contribution is 2.31. The van der Waals surface area contributed by atoms with Crippen molar-refractivity contribution in [2.24, 2.45) is 11.7 Å². The van der Waals surface area contributed by atoms with Gasteiger partial charge in [0.05, 0.1) is 0 Å². The fraction of sp³-hybridized carbons (Fsp3) is 0.625. The van der Waals surface area contributed by atoms with Gasteiger partial charge in [-0.3, -0.25) is 0 Å². The number of anilines is 1. The highest BCUT2D eigenvalue weighted by molar-refractivity contribution is 5.58. The molecule has 1 aromatic rings. The molecule has 1 aliphatic carbocycles. The number of nitrogens with zero attached hydrogens (tertiary/aromatic N) is 1. The smallest absolute Gasteiger partial charge is 0.0397 e. The van der Waals surface area contributed by atoms with Crippen LogP contribution in [-0.2, 0) is 12.8 Å². The Hall–Kier alpha value is -1.02. The van der Waals surface area contributed by atoms with Gasteiger partial charge in [0.15, 0.2) is 0 Å². The molecule has 2 aliphatic rings. The zero-order chi connectivity index (χ0) is 12.5. The van der Waals surface area contributed by atoms with Gasteiger partial charge in [-0.05, 0) is 61.6 Å². The highest BCUT2D eigenvalue weighted by Gasteiger charge is 2.20. The van der Waals surface area contributed by atoms with Crippen molar-refractivity contribution in [1.82, 2.24) is 0 Å². The van der Waals surface area contributed by atoms with Crippen LogP contribution in [-0.4, -0.2) is 19.6 Å². The average Bonchev–Trinajstić information content (AvgIpc) is 2.74. The van der Waals surface area contributed by atoms with Crippen LogP contribution < -0.4 is 10.6 Å². The maximum Gasteiger partial charge on any atom is 0.0397 e. The topological polar surface area (TPSA) is 29.3 Å². The molecule has 98 valence electrons. The first-order valence-electron chi connectivity index (χ1n) is 7.31. The maximum absolute atomic E-state index is 5.97. The van der Waals surface area contributed by atoms with Gasteiger partial charge in [0.1, 0.15) is 0 Å². The summed E-state index contributed by atoms with van der Waals surface area (Å²) in [5.74, 6) is 0.863. The molecular formula is C16H24N2. The van der Waals surface area contributed by atoms with Gasteiger partial charge < -0.3 is 10.6 Å². The quantitative estimate of drug-likeness (QED) is 0.866. The van der Waals surface area contributed by atoms with Gasteiger partial charge in [-0.1, -0.05) is 12.1 Å². The third-order valence-corrected chi connectivity index (χ3v) is 4.69. The van der Waals surface area contributed by atoms with Crippen LogP contribution >= 0.6 is 0 Å². The molecule has 1 aliphatic heterocycles. The van der Waals surface area contributed by atoms with Crippen molar-refractivity contribution in [2.75, 3.05) is 18.5 Å². The van der Waals surface area contributed by atoms with E-state index in [1.165, 1.54) is 56.3 Å². The second-order valence-electron chi connectivity index (χ2n) is 6.12. The lowest BCUT2D eigenvalue weighted by molar-refractivity contribution is 0.325. The van der Waals surface area contributed by atoms with Crippen LogP contribution in [0.15, 0.2) is 18.2 Å². The van der Waals surface area contributed by atoms with Crippen molar-refractivity contribution in [1.29, 1.82) is 0 Å². The van der Waals surface area contributed by atoms with Crippen molar-refractivity contribution < 1.29 is 0 Å².